The van der Waals surface area contributed by atoms with Crippen LogP contribution in [0, 0.1) is 0 Å². The van der Waals surface area contributed by atoms with Crippen molar-refractivity contribution in [2.75, 3.05) is 18.4 Å². The molecule has 0 aromatic heterocycles. The second-order valence-corrected chi connectivity index (χ2v) is 5.79. The van der Waals surface area contributed by atoms with Crippen molar-refractivity contribution in [3.63, 3.8) is 0 Å². The minimum atomic E-state index is 0.578. The Labute approximate surface area is 118 Å². The molecule has 1 atom stereocenters. The standard InChI is InChI=1S/C17H28N2/c1-3-4-5-6-10-18-14(2)12-15-7-8-17-16(13-15)9-11-19-17/h7-8,13-14,18-19H,3-6,9-12H2,1-2H3. The predicted molar refractivity (Wildman–Crippen MR) is 83.9 cm³/mol. The number of benzene rings is 1. The van der Waals surface area contributed by atoms with Gasteiger partial charge >= 0.3 is 0 Å². The summed E-state index contributed by atoms with van der Waals surface area (Å²) in [6.45, 7) is 6.82. The van der Waals surface area contributed by atoms with Crippen LogP contribution >= 0.6 is 0 Å². The summed E-state index contributed by atoms with van der Waals surface area (Å²) in [4.78, 5) is 0. The quantitative estimate of drug-likeness (QED) is 0.696. The molecule has 0 saturated heterocycles. The topological polar surface area (TPSA) is 24.1 Å². The molecule has 2 rings (SSSR count). The van der Waals surface area contributed by atoms with Gasteiger partial charge in [-0.25, -0.2) is 0 Å². The summed E-state index contributed by atoms with van der Waals surface area (Å²) < 4.78 is 0. The second kappa shape index (κ2) is 7.54. The van der Waals surface area contributed by atoms with Gasteiger partial charge in [0.05, 0.1) is 0 Å². The molecule has 0 spiro atoms. The lowest BCUT2D eigenvalue weighted by atomic mass is 10.0. The van der Waals surface area contributed by atoms with E-state index in [0.717, 1.165) is 19.5 Å². The molecule has 0 fully saturated rings. The SMILES string of the molecule is CCCCCCNC(C)Cc1ccc2c(c1)CCN2. The van der Waals surface area contributed by atoms with Crippen molar-refractivity contribution >= 4 is 5.69 Å². The summed E-state index contributed by atoms with van der Waals surface area (Å²) >= 11 is 0. The van der Waals surface area contributed by atoms with Gasteiger partial charge in [-0.1, -0.05) is 38.3 Å². The minimum absolute atomic E-state index is 0.578. The molecule has 106 valence electrons. The van der Waals surface area contributed by atoms with Crippen LogP contribution in [0.4, 0.5) is 5.69 Å². The van der Waals surface area contributed by atoms with Crippen LogP contribution in [0.25, 0.3) is 0 Å². The highest BCUT2D eigenvalue weighted by Gasteiger charge is 2.11. The minimum Gasteiger partial charge on any atom is -0.384 e. The average molecular weight is 260 g/mol. The monoisotopic (exact) mass is 260 g/mol. The first kappa shape index (κ1) is 14.4. The molecule has 0 bridgehead atoms. The van der Waals surface area contributed by atoms with Gasteiger partial charge in [-0.3, -0.25) is 0 Å². The van der Waals surface area contributed by atoms with Crippen molar-refractivity contribution < 1.29 is 0 Å². The molecule has 1 unspecified atom stereocenters. The number of anilines is 1. The molecule has 2 N–H and O–H groups in total. The number of rotatable bonds is 8. The number of hydrogen-bond donors (Lipinski definition) is 2. The van der Waals surface area contributed by atoms with Crippen LogP contribution in [0.2, 0.25) is 0 Å². The molecule has 1 aliphatic heterocycles. The summed E-state index contributed by atoms with van der Waals surface area (Å²) in [5, 5.41) is 7.06. The summed E-state index contributed by atoms with van der Waals surface area (Å²) in [5.41, 5.74) is 4.30. The van der Waals surface area contributed by atoms with E-state index in [0.29, 0.717) is 6.04 Å². The molecule has 2 nitrogen and oxygen atoms in total. The predicted octanol–water partition coefficient (Wildman–Crippen LogP) is 3.76. The maximum absolute atomic E-state index is 3.64. The van der Waals surface area contributed by atoms with Gasteiger partial charge in [-0.15, -0.1) is 0 Å². The number of nitrogens with one attached hydrogen (secondary N) is 2. The third-order valence-corrected chi connectivity index (χ3v) is 3.94. The molecular formula is C17H28N2. The van der Waals surface area contributed by atoms with Crippen LogP contribution in [0.5, 0.6) is 0 Å². The van der Waals surface area contributed by atoms with Gasteiger partial charge in [-0.05, 0) is 49.9 Å². The maximum Gasteiger partial charge on any atom is 0.0373 e. The van der Waals surface area contributed by atoms with Crippen molar-refractivity contribution in [2.24, 2.45) is 0 Å². The first-order chi connectivity index (χ1) is 9.29. The Kier molecular flexibility index (Phi) is 5.71. The second-order valence-electron chi connectivity index (χ2n) is 5.79. The zero-order chi connectivity index (χ0) is 13.5. The lowest BCUT2D eigenvalue weighted by Crippen LogP contribution is -2.29. The van der Waals surface area contributed by atoms with Crippen molar-refractivity contribution in [3.8, 4) is 0 Å². The van der Waals surface area contributed by atoms with Crippen LogP contribution < -0.4 is 10.6 Å². The Morgan fingerprint density at radius 1 is 1.26 bits per heavy atom. The molecule has 19 heavy (non-hydrogen) atoms. The van der Waals surface area contributed by atoms with E-state index < -0.39 is 0 Å². The normalized spacial score (nSPS) is 15.1. The van der Waals surface area contributed by atoms with Gasteiger partial charge in [0.2, 0.25) is 0 Å². The third-order valence-electron chi connectivity index (χ3n) is 3.94. The summed E-state index contributed by atoms with van der Waals surface area (Å²) in [6.07, 6.45) is 7.68. The molecule has 1 aromatic carbocycles. The molecular weight excluding hydrogens is 232 g/mol. The largest absolute Gasteiger partial charge is 0.384 e. The van der Waals surface area contributed by atoms with E-state index in [9.17, 15) is 0 Å². The van der Waals surface area contributed by atoms with Crippen LogP contribution in [0.3, 0.4) is 0 Å². The fourth-order valence-corrected chi connectivity index (χ4v) is 2.81. The Bertz CT molecular complexity index is 387. The molecule has 0 radical (unpaired) electrons. The number of hydrogen-bond acceptors (Lipinski definition) is 2. The lowest BCUT2D eigenvalue weighted by molar-refractivity contribution is 0.518. The third kappa shape index (κ3) is 4.54. The van der Waals surface area contributed by atoms with Gasteiger partial charge in [0, 0.05) is 18.3 Å². The molecule has 0 saturated carbocycles. The van der Waals surface area contributed by atoms with E-state index in [4.69, 9.17) is 0 Å². The average Bonchev–Trinajstić information content (AvgIpc) is 2.86. The molecule has 0 amide bonds. The summed E-state index contributed by atoms with van der Waals surface area (Å²) in [5.74, 6) is 0. The van der Waals surface area contributed by atoms with Gasteiger partial charge in [-0.2, -0.15) is 0 Å². The van der Waals surface area contributed by atoms with Crippen LogP contribution in [0.15, 0.2) is 18.2 Å². The summed E-state index contributed by atoms with van der Waals surface area (Å²) in [6, 6.07) is 7.47. The first-order valence-corrected chi connectivity index (χ1v) is 7.88. The smallest absolute Gasteiger partial charge is 0.0373 e. The van der Waals surface area contributed by atoms with E-state index in [-0.39, 0.29) is 0 Å². The maximum atomic E-state index is 3.64. The van der Waals surface area contributed by atoms with Crippen molar-refractivity contribution in [1.29, 1.82) is 0 Å². The Morgan fingerprint density at radius 3 is 3.00 bits per heavy atom. The lowest BCUT2D eigenvalue weighted by Gasteiger charge is -2.14. The van der Waals surface area contributed by atoms with E-state index in [1.54, 1.807) is 0 Å². The molecule has 0 aliphatic carbocycles. The molecule has 1 aliphatic rings. The molecule has 1 heterocycles. The van der Waals surface area contributed by atoms with Gasteiger partial charge in [0.25, 0.3) is 0 Å². The van der Waals surface area contributed by atoms with Gasteiger partial charge in [0.1, 0.15) is 0 Å². The van der Waals surface area contributed by atoms with Crippen LogP contribution in [0.1, 0.15) is 50.7 Å². The van der Waals surface area contributed by atoms with E-state index in [2.05, 4.69) is 42.7 Å². The van der Waals surface area contributed by atoms with Crippen LogP contribution in [-0.2, 0) is 12.8 Å². The summed E-state index contributed by atoms with van der Waals surface area (Å²) in [7, 11) is 0. The zero-order valence-electron chi connectivity index (χ0n) is 12.5. The van der Waals surface area contributed by atoms with Gasteiger partial charge in [0.15, 0.2) is 0 Å². The Hall–Kier alpha value is -1.02. The van der Waals surface area contributed by atoms with Crippen molar-refractivity contribution in [2.45, 2.75) is 58.4 Å². The van der Waals surface area contributed by atoms with E-state index >= 15 is 0 Å². The van der Waals surface area contributed by atoms with Crippen molar-refractivity contribution in [1.82, 2.24) is 5.32 Å². The highest BCUT2D eigenvalue weighted by molar-refractivity contribution is 5.56. The van der Waals surface area contributed by atoms with Crippen molar-refractivity contribution in [3.05, 3.63) is 29.3 Å². The highest BCUT2D eigenvalue weighted by Crippen LogP contribution is 2.23. The fourth-order valence-electron chi connectivity index (χ4n) is 2.81. The van der Waals surface area contributed by atoms with E-state index in [1.807, 2.05) is 0 Å². The van der Waals surface area contributed by atoms with E-state index in [1.165, 1.54) is 48.9 Å². The highest BCUT2D eigenvalue weighted by atomic mass is 14.9. The Morgan fingerprint density at radius 2 is 2.16 bits per heavy atom. The van der Waals surface area contributed by atoms with Crippen LogP contribution in [-0.4, -0.2) is 19.1 Å². The molecule has 2 heteroatoms. The van der Waals surface area contributed by atoms with Gasteiger partial charge < -0.3 is 10.6 Å². The first-order valence-electron chi connectivity index (χ1n) is 7.88. The zero-order valence-corrected chi connectivity index (χ0v) is 12.5. The number of fused-ring (bicyclic) bond motifs is 1. The molecule has 1 aromatic rings. The fraction of sp³-hybridized carbons (Fsp3) is 0.647. The number of unbranched alkanes of at least 4 members (excludes halogenated alkanes) is 3. The Balaban J connectivity index is 1.71.